The van der Waals surface area contributed by atoms with Crippen LogP contribution in [0.4, 0.5) is 5.69 Å². The third-order valence-electron chi connectivity index (χ3n) is 6.63. The average molecular weight is 590 g/mol. The lowest BCUT2D eigenvalue weighted by molar-refractivity contribution is -0.119. The molecule has 1 aliphatic rings. The minimum Gasteiger partial charge on any atom is -0.368 e. The van der Waals surface area contributed by atoms with Crippen molar-refractivity contribution in [3.63, 3.8) is 0 Å². The Morgan fingerprint density at radius 2 is 1.54 bits per heavy atom. The second kappa shape index (κ2) is 12.4. The molecular formula is C28H30Cl2N4O4S. The number of benzene rings is 3. The molecule has 0 aromatic heterocycles. The lowest BCUT2D eigenvalue weighted by atomic mass is 9.91. The summed E-state index contributed by atoms with van der Waals surface area (Å²) < 4.78 is 28.5. The standard InChI is InChI=1S/C28H30Cl2N4O4S/c1-2-25(27(31)35)32-28(36)21-4-3-5-24(14-21)33-39(37,38)17-18-15-34(16-18)26(19-6-10-22(29)11-7-19)20-8-12-23(30)13-9-20/h3-14,18,25-26,33H,2,15-17H2,1H3,(H2,31,35)(H,32,36)/t25-/m0/s1. The average Bonchev–Trinajstić information content (AvgIpc) is 2.87. The highest BCUT2D eigenvalue weighted by Crippen LogP contribution is 2.35. The first-order chi connectivity index (χ1) is 18.5. The van der Waals surface area contributed by atoms with Crippen molar-refractivity contribution < 1.29 is 18.0 Å². The van der Waals surface area contributed by atoms with Crippen LogP contribution in [0.2, 0.25) is 10.0 Å². The van der Waals surface area contributed by atoms with E-state index in [1.807, 2.05) is 48.5 Å². The molecule has 8 nitrogen and oxygen atoms in total. The van der Waals surface area contributed by atoms with Gasteiger partial charge in [-0.25, -0.2) is 8.42 Å². The summed E-state index contributed by atoms with van der Waals surface area (Å²) in [5, 5.41) is 3.85. The monoisotopic (exact) mass is 588 g/mol. The predicted molar refractivity (Wildman–Crippen MR) is 154 cm³/mol. The molecule has 2 amide bonds. The molecule has 39 heavy (non-hydrogen) atoms. The number of sulfonamides is 1. The Kier molecular flexibility index (Phi) is 9.17. The molecule has 0 saturated carbocycles. The first-order valence-electron chi connectivity index (χ1n) is 12.5. The number of halogens is 2. The Balaban J connectivity index is 1.40. The van der Waals surface area contributed by atoms with Crippen LogP contribution in [0.5, 0.6) is 0 Å². The van der Waals surface area contributed by atoms with Gasteiger partial charge in [0.15, 0.2) is 0 Å². The molecule has 3 aromatic rings. The number of hydrogen-bond acceptors (Lipinski definition) is 5. The maximum absolute atomic E-state index is 13.0. The smallest absolute Gasteiger partial charge is 0.252 e. The second-order valence-electron chi connectivity index (χ2n) is 9.63. The normalized spacial score (nSPS) is 15.0. The van der Waals surface area contributed by atoms with Crippen LogP contribution >= 0.6 is 23.2 Å². The van der Waals surface area contributed by atoms with E-state index < -0.39 is 27.9 Å². The van der Waals surface area contributed by atoms with Crippen molar-refractivity contribution in [2.45, 2.75) is 25.4 Å². The number of amides is 2. The molecular weight excluding hydrogens is 559 g/mol. The molecule has 0 bridgehead atoms. The van der Waals surface area contributed by atoms with Gasteiger partial charge in [-0.1, -0.05) is 60.5 Å². The molecule has 0 unspecified atom stereocenters. The number of carbonyl (C=O) groups excluding carboxylic acids is 2. The zero-order chi connectivity index (χ0) is 28.2. The van der Waals surface area contributed by atoms with Gasteiger partial charge in [-0.15, -0.1) is 0 Å². The predicted octanol–water partition coefficient (Wildman–Crippen LogP) is 4.45. The number of nitrogens with zero attached hydrogens (tertiary/aromatic N) is 1. The molecule has 1 heterocycles. The van der Waals surface area contributed by atoms with Crippen molar-refractivity contribution in [2.75, 3.05) is 23.6 Å². The van der Waals surface area contributed by atoms with Gasteiger partial charge in [0, 0.05) is 40.3 Å². The van der Waals surface area contributed by atoms with E-state index in [9.17, 15) is 18.0 Å². The van der Waals surface area contributed by atoms with Crippen LogP contribution in [0, 0.1) is 5.92 Å². The number of primary amides is 1. The van der Waals surface area contributed by atoms with Gasteiger partial charge in [-0.3, -0.25) is 19.2 Å². The number of carbonyl (C=O) groups is 2. The number of rotatable bonds is 11. The molecule has 1 saturated heterocycles. The van der Waals surface area contributed by atoms with Crippen LogP contribution in [0.3, 0.4) is 0 Å². The second-order valence-corrected chi connectivity index (χ2v) is 12.3. The summed E-state index contributed by atoms with van der Waals surface area (Å²) >= 11 is 12.2. The topological polar surface area (TPSA) is 122 Å². The zero-order valence-corrected chi connectivity index (χ0v) is 23.6. The van der Waals surface area contributed by atoms with E-state index >= 15 is 0 Å². The number of nitrogens with one attached hydrogen (secondary N) is 2. The molecule has 0 aliphatic carbocycles. The van der Waals surface area contributed by atoms with Gasteiger partial charge in [0.2, 0.25) is 15.9 Å². The van der Waals surface area contributed by atoms with Gasteiger partial charge in [-0.2, -0.15) is 0 Å². The molecule has 1 atom stereocenters. The van der Waals surface area contributed by atoms with Crippen molar-refractivity contribution in [3.05, 3.63) is 99.5 Å². The van der Waals surface area contributed by atoms with Gasteiger partial charge >= 0.3 is 0 Å². The highest BCUT2D eigenvalue weighted by Gasteiger charge is 2.36. The maximum atomic E-state index is 13.0. The fourth-order valence-electron chi connectivity index (χ4n) is 4.70. The zero-order valence-electron chi connectivity index (χ0n) is 21.3. The van der Waals surface area contributed by atoms with E-state index in [2.05, 4.69) is 14.9 Å². The summed E-state index contributed by atoms with van der Waals surface area (Å²) in [5.74, 6) is -1.27. The fourth-order valence-corrected chi connectivity index (χ4v) is 6.35. The first kappa shape index (κ1) is 28.9. The Morgan fingerprint density at radius 1 is 0.974 bits per heavy atom. The SMILES string of the molecule is CC[C@H](NC(=O)c1cccc(NS(=O)(=O)CC2CN(C(c3ccc(Cl)cc3)c3ccc(Cl)cc3)C2)c1)C(N)=O. The summed E-state index contributed by atoms with van der Waals surface area (Å²) in [4.78, 5) is 26.2. The molecule has 11 heteroatoms. The number of hydrogen-bond donors (Lipinski definition) is 3. The van der Waals surface area contributed by atoms with E-state index in [1.54, 1.807) is 19.1 Å². The highest BCUT2D eigenvalue weighted by molar-refractivity contribution is 7.92. The van der Waals surface area contributed by atoms with Crippen LogP contribution in [0.25, 0.3) is 0 Å². The van der Waals surface area contributed by atoms with Gasteiger partial charge in [0.1, 0.15) is 6.04 Å². The summed E-state index contributed by atoms with van der Waals surface area (Å²) in [6.45, 7) is 2.91. The molecule has 0 spiro atoms. The molecule has 0 radical (unpaired) electrons. The Morgan fingerprint density at radius 3 is 2.05 bits per heavy atom. The Labute approximate surface area is 238 Å². The largest absolute Gasteiger partial charge is 0.368 e. The van der Waals surface area contributed by atoms with Crippen LogP contribution < -0.4 is 15.8 Å². The summed E-state index contributed by atoms with van der Waals surface area (Å²) in [6.07, 6.45) is 0.350. The maximum Gasteiger partial charge on any atom is 0.252 e. The van der Waals surface area contributed by atoms with Crippen LogP contribution in [0.1, 0.15) is 40.9 Å². The molecule has 4 rings (SSSR count). The van der Waals surface area contributed by atoms with E-state index in [-0.39, 0.29) is 29.0 Å². The Bertz CT molecular complexity index is 1380. The quantitative estimate of drug-likeness (QED) is 0.305. The van der Waals surface area contributed by atoms with Crippen molar-refractivity contribution >= 4 is 50.7 Å². The fraction of sp³-hybridized carbons (Fsp3) is 0.286. The molecule has 206 valence electrons. The number of nitrogens with two attached hydrogens (primary N) is 1. The molecule has 3 aromatic carbocycles. The minimum absolute atomic E-state index is 0.0611. The lowest BCUT2D eigenvalue weighted by Crippen LogP contribution is -2.51. The van der Waals surface area contributed by atoms with E-state index in [0.717, 1.165) is 11.1 Å². The van der Waals surface area contributed by atoms with Crippen LogP contribution in [-0.2, 0) is 14.8 Å². The van der Waals surface area contributed by atoms with Crippen LogP contribution in [0.15, 0.2) is 72.8 Å². The van der Waals surface area contributed by atoms with Gasteiger partial charge in [0.05, 0.1) is 11.8 Å². The molecule has 1 fully saturated rings. The molecule has 1 aliphatic heterocycles. The number of anilines is 1. The highest BCUT2D eigenvalue weighted by atomic mass is 35.5. The van der Waals surface area contributed by atoms with Crippen molar-refractivity contribution in [2.24, 2.45) is 11.7 Å². The first-order valence-corrected chi connectivity index (χ1v) is 14.9. The minimum atomic E-state index is -3.69. The summed E-state index contributed by atoms with van der Waals surface area (Å²) in [7, 11) is -3.69. The third-order valence-corrected chi connectivity index (χ3v) is 8.59. The van der Waals surface area contributed by atoms with Crippen LogP contribution in [-0.4, -0.2) is 50.0 Å². The summed E-state index contributed by atoms with van der Waals surface area (Å²) in [6, 6.07) is 20.5. The third kappa shape index (κ3) is 7.51. The van der Waals surface area contributed by atoms with Crippen molar-refractivity contribution in [1.29, 1.82) is 0 Å². The number of likely N-dealkylation sites (tertiary alicyclic amines) is 1. The van der Waals surface area contributed by atoms with E-state index in [4.69, 9.17) is 28.9 Å². The Hall–Kier alpha value is -3.11. The van der Waals surface area contributed by atoms with Gasteiger partial charge in [-0.05, 0) is 60.0 Å². The van der Waals surface area contributed by atoms with Gasteiger partial charge in [0.25, 0.3) is 5.91 Å². The van der Waals surface area contributed by atoms with Crippen molar-refractivity contribution in [1.82, 2.24) is 10.2 Å². The van der Waals surface area contributed by atoms with Crippen molar-refractivity contribution in [3.8, 4) is 0 Å². The van der Waals surface area contributed by atoms with Gasteiger partial charge < -0.3 is 11.1 Å². The summed E-state index contributed by atoms with van der Waals surface area (Å²) in [5.41, 5.74) is 7.90. The van der Waals surface area contributed by atoms with E-state index in [1.165, 1.54) is 12.1 Å². The van der Waals surface area contributed by atoms with E-state index in [0.29, 0.717) is 29.6 Å². The lowest BCUT2D eigenvalue weighted by Gasteiger charge is -2.44. The molecule has 4 N–H and O–H groups in total.